The third-order valence-electron chi connectivity index (χ3n) is 7.45. The number of halogens is 2. The number of rotatable bonds is 3. The van der Waals surface area contributed by atoms with Gasteiger partial charge >= 0.3 is 6.09 Å². The fourth-order valence-electron chi connectivity index (χ4n) is 5.70. The van der Waals surface area contributed by atoms with E-state index in [9.17, 15) is 14.7 Å². The molecular weight excluding hydrogens is 504 g/mol. The minimum atomic E-state index is -0.982. The highest BCUT2D eigenvalue weighted by Gasteiger charge is 2.44. The van der Waals surface area contributed by atoms with Gasteiger partial charge in [-0.05, 0) is 31.9 Å². The zero-order chi connectivity index (χ0) is 26.0. The summed E-state index contributed by atoms with van der Waals surface area (Å²) in [5, 5.41) is 13.0. The Labute approximate surface area is 214 Å². The molecule has 2 amide bonds. The summed E-state index contributed by atoms with van der Waals surface area (Å²) in [4.78, 5) is 33.1. The van der Waals surface area contributed by atoms with Gasteiger partial charge < -0.3 is 25.8 Å². The fraction of sp³-hybridized carbons (Fsp3) is 0.400. The number of aryl methyl sites for hydroxylation is 1. The Balaban J connectivity index is 1.20. The lowest BCUT2D eigenvalue weighted by molar-refractivity contribution is 0.0918. The Morgan fingerprint density at radius 3 is 2.68 bits per heavy atom. The molecule has 2 bridgehead atoms. The summed E-state index contributed by atoms with van der Waals surface area (Å²) >= 11 is 1.18. The average molecular weight is 530 g/mol. The fourth-order valence-corrected chi connectivity index (χ4v) is 6.74. The number of hydrogen-bond donors (Lipinski definition) is 3. The van der Waals surface area contributed by atoms with E-state index in [2.05, 4.69) is 10.3 Å². The van der Waals surface area contributed by atoms with Crippen LogP contribution in [0.15, 0.2) is 18.2 Å². The summed E-state index contributed by atoms with van der Waals surface area (Å²) in [6.45, 7) is 2.41. The van der Waals surface area contributed by atoms with Gasteiger partial charge in [-0.2, -0.15) is 0 Å². The minimum Gasteiger partial charge on any atom is -0.488 e. The maximum Gasteiger partial charge on any atom is 0.407 e. The van der Waals surface area contributed by atoms with Gasteiger partial charge in [-0.3, -0.25) is 9.69 Å². The van der Waals surface area contributed by atoms with Gasteiger partial charge in [0, 0.05) is 42.2 Å². The highest BCUT2D eigenvalue weighted by atomic mass is 32.1. The summed E-state index contributed by atoms with van der Waals surface area (Å²) in [6, 6.07) is 3.71. The van der Waals surface area contributed by atoms with Gasteiger partial charge in [-0.15, -0.1) is 11.3 Å². The van der Waals surface area contributed by atoms with Crippen molar-refractivity contribution in [2.45, 2.75) is 44.3 Å². The second-order valence-electron chi connectivity index (χ2n) is 9.81. The van der Waals surface area contributed by atoms with Crippen molar-refractivity contribution in [3.05, 3.63) is 46.0 Å². The van der Waals surface area contributed by atoms with Crippen molar-refractivity contribution in [1.29, 1.82) is 0 Å². The average Bonchev–Trinajstić information content (AvgIpc) is 3.33. The standard InChI is InChI=1S/C25H25F2N5O4S/c1-11-2-5-15-20(28)22(37-24(15)29-11)23(33)30-12-6-16-17(26)7-18(19(27)21(16)36-10-12)31-8-13-3-4-14(9-31)32(13)25(34)35/h2,5,7,12-14H,3-4,6,8-10,28H2,1H3,(H,30,33)(H,34,35). The van der Waals surface area contributed by atoms with Crippen LogP contribution in [0.3, 0.4) is 0 Å². The van der Waals surface area contributed by atoms with Gasteiger partial charge in [0.15, 0.2) is 11.6 Å². The SMILES string of the molecule is Cc1ccc2c(N)c(C(=O)NC3COc4c(F)c(N5CC6CCC(C5)N6C(=O)O)cc(F)c4C3)sc2n1. The van der Waals surface area contributed by atoms with Crippen LogP contribution < -0.4 is 20.7 Å². The maximum atomic E-state index is 15.5. The number of benzene rings is 1. The van der Waals surface area contributed by atoms with Gasteiger partial charge in [0.25, 0.3) is 5.91 Å². The predicted molar refractivity (Wildman–Crippen MR) is 134 cm³/mol. The van der Waals surface area contributed by atoms with Crippen LogP contribution in [0.25, 0.3) is 10.2 Å². The molecule has 2 aromatic heterocycles. The molecule has 9 nitrogen and oxygen atoms in total. The van der Waals surface area contributed by atoms with Crippen molar-refractivity contribution in [3.8, 4) is 5.75 Å². The van der Waals surface area contributed by atoms with Crippen LogP contribution in [0.4, 0.5) is 25.0 Å². The number of hydrogen-bond acceptors (Lipinski definition) is 7. The zero-order valence-electron chi connectivity index (χ0n) is 20.0. The molecule has 3 aromatic rings. The number of anilines is 2. The normalized spacial score (nSPS) is 22.6. The molecule has 5 heterocycles. The molecule has 3 unspecified atom stereocenters. The first-order valence-electron chi connectivity index (χ1n) is 12.1. The van der Waals surface area contributed by atoms with E-state index < -0.39 is 29.7 Å². The third-order valence-corrected chi connectivity index (χ3v) is 8.56. The predicted octanol–water partition coefficient (Wildman–Crippen LogP) is 3.53. The lowest BCUT2D eigenvalue weighted by Gasteiger charge is -2.41. The van der Waals surface area contributed by atoms with Gasteiger partial charge in [0.2, 0.25) is 0 Å². The number of nitrogens with zero attached hydrogens (tertiary/aromatic N) is 3. The van der Waals surface area contributed by atoms with Gasteiger partial charge in [-0.25, -0.2) is 18.6 Å². The number of nitrogen functional groups attached to an aromatic ring is 1. The van der Waals surface area contributed by atoms with E-state index in [0.29, 0.717) is 46.7 Å². The van der Waals surface area contributed by atoms with Crippen molar-refractivity contribution in [3.63, 3.8) is 0 Å². The molecule has 0 aliphatic carbocycles. The van der Waals surface area contributed by atoms with Crippen molar-refractivity contribution in [1.82, 2.24) is 15.2 Å². The molecule has 4 N–H and O–H groups in total. The Morgan fingerprint density at radius 2 is 1.97 bits per heavy atom. The Bertz CT molecular complexity index is 1430. The molecule has 37 heavy (non-hydrogen) atoms. The number of pyridine rings is 1. The number of nitrogens with one attached hydrogen (secondary N) is 1. The van der Waals surface area contributed by atoms with Crippen LogP contribution in [0.2, 0.25) is 0 Å². The maximum absolute atomic E-state index is 15.5. The summed E-state index contributed by atoms with van der Waals surface area (Å²) in [6.07, 6.45) is 0.467. The van der Waals surface area contributed by atoms with E-state index in [0.717, 1.165) is 11.8 Å². The Hall–Kier alpha value is -3.67. The second kappa shape index (κ2) is 8.72. The Kier molecular flexibility index (Phi) is 5.59. The number of nitrogens with two attached hydrogens (primary N) is 1. The van der Waals surface area contributed by atoms with Crippen molar-refractivity contribution in [2.24, 2.45) is 0 Å². The molecule has 3 atom stereocenters. The lowest BCUT2D eigenvalue weighted by atomic mass is 10.00. The summed E-state index contributed by atoms with van der Waals surface area (Å²) in [7, 11) is 0. The highest BCUT2D eigenvalue weighted by molar-refractivity contribution is 7.21. The van der Waals surface area contributed by atoms with Crippen LogP contribution in [0, 0.1) is 18.6 Å². The third kappa shape index (κ3) is 3.90. The molecule has 12 heteroatoms. The highest BCUT2D eigenvalue weighted by Crippen LogP contribution is 2.40. The number of thiophene rings is 1. The number of carboxylic acid groups (broad SMARTS) is 1. The molecule has 1 aromatic carbocycles. The molecule has 0 radical (unpaired) electrons. The van der Waals surface area contributed by atoms with E-state index in [1.54, 1.807) is 4.90 Å². The van der Waals surface area contributed by atoms with Crippen molar-refractivity contribution in [2.75, 3.05) is 30.3 Å². The van der Waals surface area contributed by atoms with Gasteiger partial charge in [-0.1, -0.05) is 0 Å². The van der Waals surface area contributed by atoms with Crippen LogP contribution in [-0.4, -0.2) is 64.8 Å². The first-order chi connectivity index (χ1) is 17.7. The minimum absolute atomic E-state index is 0.0290. The first-order valence-corrected chi connectivity index (χ1v) is 12.9. The molecule has 0 saturated carbocycles. The van der Waals surface area contributed by atoms with E-state index in [4.69, 9.17) is 10.5 Å². The molecule has 3 aliphatic rings. The summed E-state index contributed by atoms with van der Waals surface area (Å²) in [5.74, 6) is -1.87. The number of fused-ring (bicyclic) bond motifs is 4. The largest absolute Gasteiger partial charge is 0.488 e. The number of ether oxygens (including phenoxy) is 1. The molecule has 2 saturated heterocycles. The number of aromatic nitrogens is 1. The molecule has 2 fully saturated rings. The van der Waals surface area contributed by atoms with E-state index in [-0.39, 0.29) is 42.1 Å². The molecule has 0 spiro atoms. The topological polar surface area (TPSA) is 121 Å². The smallest absolute Gasteiger partial charge is 0.407 e. The van der Waals surface area contributed by atoms with Crippen LogP contribution in [-0.2, 0) is 6.42 Å². The van der Waals surface area contributed by atoms with Crippen LogP contribution in [0.5, 0.6) is 5.75 Å². The Morgan fingerprint density at radius 1 is 1.24 bits per heavy atom. The summed E-state index contributed by atoms with van der Waals surface area (Å²) < 4.78 is 36.4. The first kappa shape index (κ1) is 23.7. The molecule has 194 valence electrons. The zero-order valence-corrected chi connectivity index (χ0v) is 20.8. The molecule has 6 rings (SSSR count). The van der Waals surface area contributed by atoms with Crippen molar-refractivity contribution >= 4 is 44.9 Å². The number of piperazine rings is 1. The second-order valence-corrected chi connectivity index (χ2v) is 10.8. The summed E-state index contributed by atoms with van der Waals surface area (Å²) in [5.41, 5.74) is 7.46. The van der Waals surface area contributed by atoms with Gasteiger partial charge in [0.05, 0.1) is 29.5 Å². The monoisotopic (exact) mass is 529 g/mol. The number of carbonyl (C=O) groups excluding carboxylic acids is 1. The van der Waals surface area contributed by atoms with E-state index in [1.807, 2.05) is 19.1 Å². The lowest BCUT2D eigenvalue weighted by Crippen LogP contribution is -2.55. The number of amides is 2. The van der Waals surface area contributed by atoms with Crippen LogP contribution >= 0.6 is 11.3 Å². The van der Waals surface area contributed by atoms with E-state index in [1.165, 1.54) is 16.2 Å². The van der Waals surface area contributed by atoms with Crippen molar-refractivity contribution < 1.29 is 28.2 Å². The quantitative estimate of drug-likeness (QED) is 0.475. The van der Waals surface area contributed by atoms with Crippen LogP contribution in [0.1, 0.15) is 33.8 Å². The molecular formula is C25H25F2N5O4S. The van der Waals surface area contributed by atoms with Gasteiger partial charge in [0.1, 0.15) is 22.1 Å². The van der Waals surface area contributed by atoms with E-state index >= 15 is 8.78 Å². The number of carbonyl (C=O) groups is 2. The molecule has 3 aliphatic heterocycles.